The number of nitroso groups, excluding NO2 is 1. The van der Waals surface area contributed by atoms with Crippen LogP contribution in [-0.2, 0) is 14.8 Å². The Kier molecular flexibility index (Phi) is 3.95. The lowest BCUT2D eigenvalue weighted by atomic mass is 10.2. The van der Waals surface area contributed by atoms with Gasteiger partial charge in [-0.15, -0.1) is 4.91 Å². The maximum atomic E-state index is 11.7. The van der Waals surface area contributed by atoms with Crippen LogP contribution in [0.2, 0.25) is 0 Å². The van der Waals surface area contributed by atoms with Crippen molar-refractivity contribution >= 4 is 21.6 Å². The summed E-state index contributed by atoms with van der Waals surface area (Å²) in [5.74, 6) is -1.05. The molecule has 92 valence electrons. The Morgan fingerprint density at radius 3 is 2.53 bits per heavy atom. The first-order valence-corrected chi connectivity index (χ1v) is 6.35. The molecule has 1 rings (SSSR count). The Morgan fingerprint density at radius 2 is 2.00 bits per heavy atom. The fourth-order valence-electron chi connectivity index (χ4n) is 1.02. The molecular formula is C10H12N2O4S. The molecule has 1 aromatic rings. The van der Waals surface area contributed by atoms with Gasteiger partial charge in [0.25, 0.3) is 10.0 Å². The topological polar surface area (TPSA) is 92.7 Å². The average molecular weight is 256 g/mol. The fourth-order valence-corrected chi connectivity index (χ4v) is 2.17. The molecule has 0 unspecified atom stereocenters. The number of hydrogen-bond acceptors (Lipinski definition) is 5. The predicted molar refractivity (Wildman–Crippen MR) is 62.1 cm³/mol. The lowest BCUT2D eigenvalue weighted by Crippen LogP contribution is -2.33. The van der Waals surface area contributed by atoms with Gasteiger partial charge in [-0.2, -0.15) is 0 Å². The Balaban J connectivity index is 3.05. The summed E-state index contributed by atoms with van der Waals surface area (Å²) in [6, 6.07) is 5.13. The minimum absolute atomic E-state index is 0.00938. The van der Waals surface area contributed by atoms with Gasteiger partial charge in [0.2, 0.25) is 5.91 Å². The van der Waals surface area contributed by atoms with E-state index in [1.807, 2.05) is 4.72 Å². The van der Waals surface area contributed by atoms with E-state index >= 15 is 0 Å². The molecule has 0 bridgehead atoms. The summed E-state index contributed by atoms with van der Waals surface area (Å²) in [6.07, 6.45) is 0. The molecule has 1 N–H and O–H groups in total. The maximum Gasteiger partial charge on any atom is 0.264 e. The van der Waals surface area contributed by atoms with Crippen LogP contribution in [0.15, 0.2) is 34.3 Å². The van der Waals surface area contributed by atoms with Gasteiger partial charge in [-0.05, 0) is 23.4 Å². The van der Waals surface area contributed by atoms with Crippen LogP contribution in [0.4, 0.5) is 5.69 Å². The minimum atomic E-state index is -3.94. The molecule has 0 aliphatic carbocycles. The van der Waals surface area contributed by atoms with Crippen LogP contribution in [0.5, 0.6) is 0 Å². The van der Waals surface area contributed by atoms with Crippen molar-refractivity contribution < 1.29 is 13.2 Å². The van der Waals surface area contributed by atoms with Crippen LogP contribution in [-0.4, -0.2) is 14.3 Å². The number of sulfonamides is 1. The highest BCUT2D eigenvalue weighted by atomic mass is 32.2. The standard InChI is InChI=1S/C10H12N2O4S/c1-7(2)10(13)12-17(15,16)9-5-3-4-8(6-9)11-14/h3-7H,1-2H3,(H,12,13). The van der Waals surface area contributed by atoms with E-state index < -0.39 is 21.8 Å². The van der Waals surface area contributed by atoms with E-state index in [4.69, 9.17) is 0 Å². The summed E-state index contributed by atoms with van der Waals surface area (Å²) < 4.78 is 25.4. The Hall–Kier alpha value is -1.76. The molecule has 1 amide bonds. The van der Waals surface area contributed by atoms with Crippen molar-refractivity contribution in [3.63, 3.8) is 0 Å². The van der Waals surface area contributed by atoms with Crippen molar-refractivity contribution in [2.24, 2.45) is 11.1 Å². The number of nitrogens with zero attached hydrogens (tertiary/aromatic N) is 1. The maximum absolute atomic E-state index is 11.7. The molecule has 0 heterocycles. The van der Waals surface area contributed by atoms with Gasteiger partial charge in [0.15, 0.2) is 0 Å². The van der Waals surface area contributed by atoms with Gasteiger partial charge in [-0.1, -0.05) is 19.9 Å². The zero-order valence-electron chi connectivity index (χ0n) is 9.38. The average Bonchev–Trinajstić information content (AvgIpc) is 2.28. The van der Waals surface area contributed by atoms with Crippen molar-refractivity contribution in [1.29, 1.82) is 0 Å². The predicted octanol–water partition coefficient (Wildman–Crippen LogP) is 1.55. The van der Waals surface area contributed by atoms with E-state index in [9.17, 15) is 18.1 Å². The van der Waals surface area contributed by atoms with Gasteiger partial charge in [-0.3, -0.25) is 4.79 Å². The Bertz CT molecular complexity index is 537. The molecule has 0 radical (unpaired) electrons. The minimum Gasteiger partial charge on any atom is -0.274 e. The van der Waals surface area contributed by atoms with Crippen molar-refractivity contribution in [3.05, 3.63) is 29.2 Å². The first-order valence-electron chi connectivity index (χ1n) is 4.87. The third-order valence-corrected chi connectivity index (χ3v) is 3.34. The number of rotatable bonds is 4. The second-order valence-corrected chi connectivity index (χ2v) is 5.40. The van der Waals surface area contributed by atoms with E-state index in [0.717, 1.165) is 6.07 Å². The van der Waals surface area contributed by atoms with E-state index in [-0.39, 0.29) is 10.6 Å². The lowest BCUT2D eigenvalue weighted by molar-refractivity contribution is -0.122. The third kappa shape index (κ3) is 3.35. The molecule has 0 aromatic heterocycles. The smallest absolute Gasteiger partial charge is 0.264 e. The summed E-state index contributed by atoms with van der Waals surface area (Å²) in [6.45, 7) is 3.16. The third-order valence-electron chi connectivity index (χ3n) is 1.99. The summed E-state index contributed by atoms with van der Waals surface area (Å²) in [5.41, 5.74) is -0.00938. The number of carbonyl (C=O) groups excluding carboxylic acids is 1. The summed E-state index contributed by atoms with van der Waals surface area (Å²) >= 11 is 0. The highest BCUT2D eigenvalue weighted by Gasteiger charge is 2.19. The zero-order valence-corrected chi connectivity index (χ0v) is 10.2. The van der Waals surface area contributed by atoms with Gasteiger partial charge >= 0.3 is 0 Å². The normalized spacial score (nSPS) is 11.2. The van der Waals surface area contributed by atoms with Crippen LogP contribution in [0.25, 0.3) is 0 Å². The molecule has 7 heteroatoms. The first-order chi connectivity index (χ1) is 7.86. The van der Waals surface area contributed by atoms with Crippen LogP contribution in [0, 0.1) is 10.8 Å². The highest BCUT2D eigenvalue weighted by molar-refractivity contribution is 7.90. The Labute approximate surface area is 99.1 Å². The molecule has 0 spiro atoms. The number of carbonyl (C=O) groups is 1. The van der Waals surface area contributed by atoms with Crippen LogP contribution in [0.3, 0.4) is 0 Å². The van der Waals surface area contributed by atoms with Crippen molar-refractivity contribution in [1.82, 2.24) is 4.72 Å². The van der Waals surface area contributed by atoms with E-state index in [0.29, 0.717) is 0 Å². The van der Waals surface area contributed by atoms with Gasteiger partial charge in [-0.25, -0.2) is 13.1 Å². The monoisotopic (exact) mass is 256 g/mol. The van der Waals surface area contributed by atoms with Crippen LogP contribution >= 0.6 is 0 Å². The first kappa shape index (κ1) is 13.3. The molecule has 0 aliphatic heterocycles. The molecule has 0 atom stereocenters. The van der Waals surface area contributed by atoms with Crippen LogP contribution < -0.4 is 4.72 Å². The van der Waals surface area contributed by atoms with Gasteiger partial charge in [0, 0.05) is 5.92 Å². The van der Waals surface area contributed by atoms with Crippen molar-refractivity contribution in [2.45, 2.75) is 18.7 Å². The molecule has 0 fully saturated rings. The molecule has 0 aliphatic rings. The quantitative estimate of drug-likeness (QED) is 0.827. The summed E-state index contributed by atoms with van der Waals surface area (Å²) in [5, 5.41) is 2.63. The number of benzene rings is 1. The van der Waals surface area contributed by atoms with E-state index in [1.54, 1.807) is 13.8 Å². The second kappa shape index (κ2) is 5.05. The molecule has 0 saturated carbocycles. The highest BCUT2D eigenvalue weighted by Crippen LogP contribution is 2.17. The van der Waals surface area contributed by atoms with Gasteiger partial charge in [0.1, 0.15) is 5.69 Å². The molecular weight excluding hydrogens is 244 g/mol. The second-order valence-electron chi connectivity index (χ2n) is 3.71. The number of amides is 1. The van der Waals surface area contributed by atoms with Crippen molar-refractivity contribution in [2.75, 3.05) is 0 Å². The Morgan fingerprint density at radius 1 is 1.35 bits per heavy atom. The van der Waals surface area contributed by atoms with Gasteiger partial charge in [0.05, 0.1) is 4.90 Å². The molecule has 0 saturated heterocycles. The van der Waals surface area contributed by atoms with Crippen molar-refractivity contribution in [3.8, 4) is 0 Å². The SMILES string of the molecule is CC(C)C(=O)NS(=O)(=O)c1cccc(N=O)c1. The molecule has 1 aromatic carbocycles. The lowest BCUT2D eigenvalue weighted by Gasteiger charge is -2.08. The zero-order chi connectivity index (χ0) is 13.1. The number of hydrogen-bond donors (Lipinski definition) is 1. The van der Waals surface area contributed by atoms with Crippen LogP contribution in [0.1, 0.15) is 13.8 Å². The summed E-state index contributed by atoms with van der Waals surface area (Å²) in [4.78, 5) is 21.4. The molecule has 6 nitrogen and oxygen atoms in total. The number of nitrogens with one attached hydrogen (secondary N) is 1. The summed E-state index contributed by atoms with van der Waals surface area (Å²) in [7, 11) is -3.94. The largest absolute Gasteiger partial charge is 0.274 e. The van der Waals surface area contributed by atoms with E-state index in [2.05, 4.69) is 5.18 Å². The van der Waals surface area contributed by atoms with E-state index in [1.165, 1.54) is 18.2 Å². The van der Waals surface area contributed by atoms with Gasteiger partial charge < -0.3 is 0 Å². The fraction of sp³-hybridized carbons (Fsp3) is 0.300. The molecule has 17 heavy (non-hydrogen) atoms.